The number of nitrogens with zero attached hydrogens (tertiary/aromatic N) is 1. The van der Waals surface area contributed by atoms with Gasteiger partial charge in [0, 0.05) is 12.7 Å². The fourth-order valence-corrected chi connectivity index (χ4v) is 1.10. The van der Waals surface area contributed by atoms with Crippen LogP contribution in [0.5, 0.6) is 0 Å². The molecule has 0 aliphatic rings. The van der Waals surface area contributed by atoms with Gasteiger partial charge in [-0.1, -0.05) is 25.6 Å². The predicted octanol–water partition coefficient (Wildman–Crippen LogP) is 1.71. The van der Waals surface area contributed by atoms with E-state index in [9.17, 15) is 4.79 Å². The first kappa shape index (κ1) is 9.19. The van der Waals surface area contributed by atoms with Crippen LogP contribution in [0, 0.1) is 4.64 Å². The van der Waals surface area contributed by atoms with Crippen molar-refractivity contribution in [1.82, 2.24) is 9.55 Å². The normalized spacial score (nSPS) is 10.1. The summed E-state index contributed by atoms with van der Waals surface area (Å²) >= 11 is 4.80. The molecule has 0 saturated carbocycles. The standard InChI is InChI=1S/C8H12N2OS/c1-2-3-5-10-6-4-7(12)9-8(10)11/h4,6H,2-3,5H2,1H3,(H,9,11,12). The van der Waals surface area contributed by atoms with Crippen LogP contribution < -0.4 is 5.69 Å². The minimum atomic E-state index is -0.115. The average Bonchev–Trinajstić information content (AvgIpc) is 2.03. The van der Waals surface area contributed by atoms with Gasteiger partial charge in [-0.2, -0.15) is 0 Å². The van der Waals surface area contributed by atoms with Gasteiger partial charge >= 0.3 is 5.69 Å². The smallest absolute Gasteiger partial charge is 0.301 e. The molecule has 0 amide bonds. The average molecular weight is 184 g/mol. The number of aryl methyl sites for hydroxylation is 1. The predicted molar refractivity (Wildman–Crippen MR) is 50.8 cm³/mol. The second kappa shape index (κ2) is 4.21. The summed E-state index contributed by atoms with van der Waals surface area (Å²) < 4.78 is 2.13. The van der Waals surface area contributed by atoms with E-state index in [2.05, 4.69) is 11.9 Å². The topological polar surface area (TPSA) is 37.8 Å². The van der Waals surface area contributed by atoms with E-state index in [4.69, 9.17) is 12.2 Å². The molecule has 4 heteroatoms. The van der Waals surface area contributed by atoms with Gasteiger partial charge in [-0.15, -0.1) is 0 Å². The van der Waals surface area contributed by atoms with Crippen LogP contribution in [0.3, 0.4) is 0 Å². The van der Waals surface area contributed by atoms with Crippen LogP contribution in [0.25, 0.3) is 0 Å². The molecule has 66 valence electrons. The Morgan fingerprint density at radius 2 is 2.42 bits per heavy atom. The van der Waals surface area contributed by atoms with Crippen LogP contribution in [0.15, 0.2) is 17.1 Å². The second-order valence-electron chi connectivity index (χ2n) is 2.66. The molecule has 3 nitrogen and oxygen atoms in total. The zero-order valence-electron chi connectivity index (χ0n) is 7.04. The summed E-state index contributed by atoms with van der Waals surface area (Å²) in [6.07, 6.45) is 3.84. The van der Waals surface area contributed by atoms with E-state index >= 15 is 0 Å². The summed E-state index contributed by atoms with van der Waals surface area (Å²) in [5.74, 6) is 0. The van der Waals surface area contributed by atoms with Crippen LogP contribution in [0.2, 0.25) is 0 Å². The zero-order chi connectivity index (χ0) is 8.97. The lowest BCUT2D eigenvalue weighted by molar-refractivity contribution is 0.598. The van der Waals surface area contributed by atoms with Gasteiger partial charge in [0.25, 0.3) is 0 Å². The van der Waals surface area contributed by atoms with Gasteiger partial charge in [0.2, 0.25) is 0 Å². The lowest BCUT2D eigenvalue weighted by atomic mass is 10.3. The van der Waals surface area contributed by atoms with Crippen molar-refractivity contribution in [1.29, 1.82) is 0 Å². The molecule has 0 bridgehead atoms. The number of aromatic nitrogens is 2. The number of aromatic amines is 1. The lowest BCUT2D eigenvalue weighted by Gasteiger charge is -2.01. The Morgan fingerprint density at radius 3 is 3.00 bits per heavy atom. The van der Waals surface area contributed by atoms with Crippen molar-refractivity contribution in [3.63, 3.8) is 0 Å². The Labute approximate surface area is 76.1 Å². The molecule has 0 radical (unpaired) electrons. The van der Waals surface area contributed by atoms with Crippen LogP contribution >= 0.6 is 12.2 Å². The third-order valence-electron chi connectivity index (χ3n) is 1.65. The van der Waals surface area contributed by atoms with E-state index in [0.717, 1.165) is 19.4 Å². The largest absolute Gasteiger partial charge is 0.326 e. The van der Waals surface area contributed by atoms with Crippen molar-refractivity contribution in [3.8, 4) is 0 Å². The molecule has 1 heterocycles. The molecule has 1 rings (SSSR count). The zero-order valence-corrected chi connectivity index (χ0v) is 7.86. The molecule has 0 aromatic carbocycles. The van der Waals surface area contributed by atoms with E-state index in [1.807, 2.05) is 0 Å². The lowest BCUT2D eigenvalue weighted by Crippen LogP contribution is -2.21. The first-order chi connectivity index (χ1) is 5.74. The fourth-order valence-electron chi connectivity index (χ4n) is 0.949. The third-order valence-corrected chi connectivity index (χ3v) is 1.89. The highest BCUT2D eigenvalue weighted by atomic mass is 32.1. The summed E-state index contributed by atoms with van der Waals surface area (Å²) in [6, 6.07) is 1.73. The number of hydrogen-bond acceptors (Lipinski definition) is 2. The summed E-state index contributed by atoms with van der Waals surface area (Å²) in [6.45, 7) is 2.86. The van der Waals surface area contributed by atoms with Crippen molar-refractivity contribution >= 4 is 12.2 Å². The molecule has 0 spiro atoms. The first-order valence-electron chi connectivity index (χ1n) is 4.04. The molecule has 1 aromatic heterocycles. The number of unbranched alkanes of at least 4 members (excludes halogenated alkanes) is 1. The molecule has 1 N–H and O–H groups in total. The quantitative estimate of drug-likeness (QED) is 0.726. The minimum absolute atomic E-state index is 0.115. The second-order valence-corrected chi connectivity index (χ2v) is 3.10. The number of hydrogen-bond donors (Lipinski definition) is 1. The number of H-pyrrole nitrogens is 1. The summed E-state index contributed by atoms with van der Waals surface area (Å²) in [5, 5.41) is 0. The molecule has 0 saturated heterocycles. The molecular weight excluding hydrogens is 172 g/mol. The SMILES string of the molecule is CCCCn1ccc(=S)[nH]c1=O. The maximum atomic E-state index is 11.2. The summed E-state index contributed by atoms with van der Waals surface area (Å²) in [7, 11) is 0. The molecule has 0 aliphatic carbocycles. The third kappa shape index (κ3) is 2.30. The van der Waals surface area contributed by atoms with Gasteiger partial charge in [-0.3, -0.25) is 4.98 Å². The molecule has 0 atom stereocenters. The van der Waals surface area contributed by atoms with Crippen LogP contribution in [-0.4, -0.2) is 9.55 Å². The van der Waals surface area contributed by atoms with Crippen LogP contribution in [0.4, 0.5) is 0 Å². The maximum Gasteiger partial charge on any atom is 0.326 e. The molecule has 1 aromatic rings. The van der Waals surface area contributed by atoms with E-state index < -0.39 is 0 Å². The first-order valence-corrected chi connectivity index (χ1v) is 4.44. The Hall–Kier alpha value is -0.900. The Bertz CT molecular complexity index is 353. The number of nitrogens with one attached hydrogen (secondary N) is 1. The molecule has 0 fully saturated rings. The van der Waals surface area contributed by atoms with E-state index in [1.54, 1.807) is 16.8 Å². The van der Waals surface area contributed by atoms with Crippen molar-refractivity contribution in [2.45, 2.75) is 26.3 Å². The molecule has 0 aliphatic heterocycles. The maximum absolute atomic E-state index is 11.2. The molecule has 0 unspecified atom stereocenters. The minimum Gasteiger partial charge on any atom is -0.301 e. The fraction of sp³-hybridized carbons (Fsp3) is 0.500. The van der Waals surface area contributed by atoms with Gasteiger partial charge in [0.15, 0.2) is 0 Å². The van der Waals surface area contributed by atoms with Gasteiger partial charge in [0.05, 0.1) is 0 Å². The van der Waals surface area contributed by atoms with E-state index in [0.29, 0.717) is 4.64 Å². The van der Waals surface area contributed by atoms with Gasteiger partial charge in [-0.05, 0) is 12.5 Å². The van der Waals surface area contributed by atoms with Crippen molar-refractivity contribution in [2.75, 3.05) is 0 Å². The highest BCUT2D eigenvalue weighted by molar-refractivity contribution is 7.71. The van der Waals surface area contributed by atoms with E-state index in [-0.39, 0.29) is 5.69 Å². The van der Waals surface area contributed by atoms with E-state index in [1.165, 1.54) is 0 Å². The van der Waals surface area contributed by atoms with Gasteiger partial charge in [-0.25, -0.2) is 4.79 Å². The summed E-state index contributed by atoms with van der Waals surface area (Å²) in [5.41, 5.74) is -0.115. The molecular formula is C8H12N2OS. The highest BCUT2D eigenvalue weighted by Gasteiger charge is 1.92. The van der Waals surface area contributed by atoms with Gasteiger partial charge in [0.1, 0.15) is 4.64 Å². The summed E-state index contributed by atoms with van der Waals surface area (Å²) in [4.78, 5) is 13.8. The highest BCUT2D eigenvalue weighted by Crippen LogP contribution is 1.90. The van der Waals surface area contributed by atoms with Crippen molar-refractivity contribution in [2.24, 2.45) is 0 Å². The number of rotatable bonds is 3. The van der Waals surface area contributed by atoms with Crippen molar-refractivity contribution < 1.29 is 0 Å². The Kier molecular flexibility index (Phi) is 3.22. The van der Waals surface area contributed by atoms with Crippen LogP contribution in [0.1, 0.15) is 19.8 Å². The Balaban J connectivity index is 2.87. The Morgan fingerprint density at radius 1 is 1.67 bits per heavy atom. The monoisotopic (exact) mass is 184 g/mol. The van der Waals surface area contributed by atoms with Crippen molar-refractivity contribution in [3.05, 3.63) is 27.4 Å². The van der Waals surface area contributed by atoms with Crippen LogP contribution in [-0.2, 0) is 6.54 Å². The van der Waals surface area contributed by atoms with Gasteiger partial charge < -0.3 is 4.57 Å². The molecule has 12 heavy (non-hydrogen) atoms.